The molecule has 2 aliphatic rings. The summed E-state index contributed by atoms with van der Waals surface area (Å²) >= 11 is 12.4. The first-order valence-electron chi connectivity index (χ1n) is 13.7. The second-order valence-electron chi connectivity index (χ2n) is 10.2. The number of nitrogens with one attached hydrogen (secondary N) is 1. The van der Waals surface area contributed by atoms with Gasteiger partial charge < -0.3 is 19.7 Å². The van der Waals surface area contributed by atoms with Crippen LogP contribution in [0.25, 0.3) is 11.1 Å². The van der Waals surface area contributed by atoms with Crippen molar-refractivity contribution in [2.75, 3.05) is 65.0 Å². The molecular weight excluding hydrogens is 579 g/mol. The molecule has 1 atom stereocenters. The molecule has 1 unspecified atom stereocenters. The summed E-state index contributed by atoms with van der Waals surface area (Å²) < 4.78 is 11.1. The normalized spacial score (nSPS) is 15.9. The van der Waals surface area contributed by atoms with Gasteiger partial charge in [0.05, 0.1) is 35.0 Å². The number of likely N-dealkylation sites (N-methyl/N-ethyl adjacent to an activating group) is 1. The van der Waals surface area contributed by atoms with E-state index in [2.05, 4.69) is 16.3 Å². The Balaban J connectivity index is 1.44. The molecule has 3 amide bonds. The molecule has 11 heteroatoms. The van der Waals surface area contributed by atoms with Gasteiger partial charge in [0, 0.05) is 45.4 Å². The zero-order chi connectivity index (χ0) is 29.8. The number of amides is 3. The van der Waals surface area contributed by atoms with Crippen molar-refractivity contribution in [2.45, 2.75) is 6.04 Å². The number of benzene rings is 3. The zero-order valence-corrected chi connectivity index (χ0v) is 25.0. The molecule has 9 nitrogen and oxygen atoms in total. The maximum atomic E-state index is 13.8. The molecule has 220 valence electrons. The van der Waals surface area contributed by atoms with Crippen molar-refractivity contribution in [3.63, 3.8) is 0 Å². The van der Waals surface area contributed by atoms with Gasteiger partial charge in [0.25, 0.3) is 11.8 Å². The summed E-state index contributed by atoms with van der Waals surface area (Å²) in [5, 5.41) is 3.23. The molecule has 2 aliphatic heterocycles. The number of nitrogens with zero attached hydrogens (tertiary/aromatic N) is 3. The van der Waals surface area contributed by atoms with Gasteiger partial charge in [0.1, 0.15) is 12.3 Å². The van der Waals surface area contributed by atoms with Crippen LogP contribution in [0.5, 0.6) is 5.75 Å². The first kappa shape index (κ1) is 29.8. The fourth-order valence-corrected chi connectivity index (χ4v) is 5.49. The second kappa shape index (κ2) is 13.1. The van der Waals surface area contributed by atoms with E-state index in [0.29, 0.717) is 41.8 Å². The van der Waals surface area contributed by atoms with Gasteiger partial charge in [-0.25, -0.2) is 0 Å². The van der Waals surface area contributed by atoms with Gasteiger partial charge in [-0.2, -0.15) is 0 Å². The van der Waals surface area contributed by atoms with E-state index in [1.165, 1.54) is 4.90 Å². The Labute approximate surface area is 254 Å². The minimum Gasteiger partial charge on any atom is -0.482 e. The summed E-state index contributed by atoms with van der Waals surface area (Å²) in [6.07, 6.45) is 0. The Bertz CT molecular complexity index is 1490. The van der Waals surface area contributed by atoms with Crippen molar-refractivity contribution in [2.24, 2.45) is 0 Å². The number of hydrogen-bond acceptors (Lipinski definition) is 6. The van der Waals surface area contributed by atoms with E-state index < -0.39 is 0 Å². The molecule has 0 aromatic heterocycles. The minimum absolute atomic E-state index is 0.161. The second-order valence-corrected chi connectivity index (χ2v) is 11.0. The molecule has 5 rings (SSSR count). The maximum absolute atomic E-state index is 13.8. The summed E-state index contributed by atoms with van der Waals surface area (Å²) in [4.78, 5) is 44.3. The van der Waals surface area contributed by atoms with Gasteiger partial charge in [-0.3, -0.25) is 24.2 Å². The molecule has 1 saturated heterocycles. The molecule has 0 bridgehead atoms. The molecule has 42 heavy (non-hydrogen) atoms. The van der Waals surface area contributed by atoms with Crippen molar-refractivity contribution >= 4 is 46.6 Å². The lowest BCUT2D eigenvalue weighted by atomic mass is 9.97. The lowest BCUT2D eigenvalue weighted by molar-refractivity contribution is -0.133. The van der Waals surface area contributed by atoms with E-state index in [1.54, 1.807) is 37.2 Å². The van der Waals surface area contributed by atoms with Gasteiger partial charge in [-0.15, -0.1) is 0 Å². The van der Waals surface area contributed by atoms with Gasteiger partial charge in [-0.1, -0.05) is 53.5 Å². The van der Waals surface area contributed by atoms with Crippen molar-refractivity contribution in [1.82, 2.24) is 15.1 Å². The Morgan fingerprint density at radius 3 is 2.43 bits per heavy atom. The third-order valence-electron chi connectivity index (χ3n) is 7.59. The fraction of sp³-hybridized carbons (Fsp3) is 0.323. The number of anilines is 1. The highest BCUT2D eigenvalue weighted by atomic mass is 35.5. The van der Waals surface area contributed by atoms with Crippen molar-refractivity contribution in [3.8, 4) is 16.9 Å². The highest BCUT2D eigenvalue weighted by molar-refractivity contribution is 6.42. The van der Waals surface area contributed by atoms with E-state index >= 15 is 0 Å². The highest BCUT2D eigenvalue weighted by Crippen LogP contribution is 2.39. The standard InChI is InChI=1S/C31H32Cl2N4O5/c1-34-31(40)23-8-4-6-21(14-23)20-5-3-7-22(13-20)27(17-36-9-11-41-12-10-36)35(2)29(38)18-37-26-15-24(32)25(33)16-28(26)42-19-30(37)39/h3-8,13-16,27H,9-12,17-19H2,1-2H3,(H,34,40). The smallest absolute Gasteiger partial charge is 0.265 e. The Hall–Kier alpha value is -3.63. The van der Waals surface area contributed by atoms with Crippen LogP contribution in [0.15, 0.2) is 60.7 Å². The van der Waals surface area contributed by atoms with Crippen LogP contribution in [0, 0.1) is 0 Å². The summed E-state index contributed by atoms with van der Waals surface area (Å²) in [6.45, 7) is 2.95. The SMILES string of the molecule is CNC(=O)c1cccc(-c2cccc(C(CN3CCOCC3)N(C)C(=O)CN3C(=O)COc4cc(Cl)c(Cl)cc43)c2)c1. The molecule has 0 spiro atoms. The largest absolute Gasteiger partial charge is 0.482 e. The predicted octanol–water partition coefficient (Wildman–Crippen LogP) is 4.28. The van der Waals surface area contributed by atoms with Crippen LogP contribution in [0.1, 0.15) is 22.0 Å². The Morgan fingerprint density at radius 1 is 1.00 bits per heavy atom. The molecule has 1 fully saturated rings. The fourth-order valence-electron chi connectivity index (χ4n) is 5.18. The number of ether oxygens (including phenoxy) is 2. The van der Waals surface area contributed by atoms with E-state index in [-0.39, 0.29) is 41.9 Å². The van der Waals surface area contributed by atoms with Gasteiger partial charge >= 0.3 is 0 Å². The number of rotatable bonds is 8. The van der Waals surface area contributed by atoms with Crippen LogP contribution in [-0.2, 0) is 14.3 Å². The molecule has 3 aromatic carbocycles. The molecule has 2 heterocycles. The third-order valence-corrected chi connectivity index (χ3v) is 8.31. The number of fused-ring (bicyclic) bond motifs is 1. The summed E-state index contributed by atoms with van der Waals surface area (Å²) in [6, 6.07) is 18.2. The molecule has 0 aliphatic carbocycles. The summed E-state index contributed by atoms with van der Waals surface area (Å²) in [5.74, 6) is -0.347. The average molecular weight is 612 g/mol. The molecule has 0 saturated carbocycles. The predicted molar refractivity (Wildman–Crippen MR) is 162 cm³/mol. The van der Waals surface area contributed by atoms with Gasteiger partial charge in [0.15, 0.2) is 6.61 Å². The van der Waals surface area contributed by atoms with Crippen molar-refractivity contribution in [3.05, 3.63) is 81.8 Å². The number of morpholine rings is 1. The minimum atomic E-state index is -0.342. The van der Waals surface area contributed by atoms with Crippen molar-refractivity contribution in [1.29, 1.82) is 0 Å². The number of halogens is 2. The van der Waals surface area contributed by atoms with E-state index in [4.69, 9.17) is 32.7 Å². The molecular formula is C31H32Cl2N4O5. The van der Waals surface area contributed by atoms with E-state index in [0.717, 1.165) is 29.8 Å². The van der Waals surface area contributed by atoms with Crippen LogP contribution in [-0.4, -0.2) is 87.6 Å². The van der Waals surface area contributed by atoms with E-state index in [1.807, 2.05) is 36.4 Å². The van der Waals surface area contributed by atoms with Crippen LogP contribution in [0.3, 0.4) is 0 Å². The van der Waals surface area contributed by atoms with Gasteiger partial charge in [-0.05, 0) is 41.0 Å². The third kappa shape index (κ3) is 6.55. The van der Waals surface area contributed by atoms with Crippen LogP contribution < -0.4 is 15.0 Å². The number of carbonyl (C=O) groups is 3. The van der Waals surface area contributed by atoms with E-state index in [9.17, 15) is 14.4 Å². The first-order valence-corrected chi connectivity index (χ1v) is 14.4. The van der Waals surface area contributed by atoms with Crippen molar-refractivity contribution < 1.29 is 23.9 Å². The maximum Gasteiger partial charge on any atom is 0.265 e. The molecule has 1 N–H and O–H groups in total. The Kier molecular flexibility index (Phi) is 9.33. The van der Waals surface area contributed by atoms with Gasteiger partial charge in [0.2, 0.25) is 5.91 Å². The lowest BCUT2D eigenvalue weighted by Gasteiger charge is -2.37. The highest BCUT2D eigenvalue weighted by Gasteiger charge is 2.32. The quantitative estimate of drug-likeness (QED) is 0.409. The monoisotopic (exact) mass is 610 g/mol. The molecule has 3 aromatic rings. The summed E-state index contributed by atoms with van der Waals surface area (Å²) in [5.41, 5.74) is 3.72. The first-order chi connectivity index (χ1) is 20.2. The van der Waals surface area contributed by atoms with Crippen LogP contribution >= 0.6 is 23.2 Å². The number of carbonyl (C=O) groups excluding carboxylic acids is 3. The lowest BCUT2D eigenvalue weighted by Crippen LogP contribution is -2.48. The zero-order valence-electron chi connectivity index (χ0n) is 23.4. The Morgan fingerprint density at radius 2 is 1.69 bits per heavy atom. The average Bonchev–Trinajstić information content (AvgIpc) is 3.02. The summed E-state index contributed by atoms with van der Waals surface area (Å²) in [7, 11) is 3.36. The number of hydrogen-bond donors (Lipinski definition) is 1. The van der Waals surface area contributed by atoms with Crippen LogP contribution in [0.4, 0.5) is 5.69 Å². The topological polar surface area (TPSA) is 91.4 Å². The molecule has 0 radical (unpaired) electrons. The van der Waals surface area contributed by atoms with Crippen LogP contribution in [0.2, 0.25) is 10.0 Å².